The van der Waals surface area contributed by atoms with Crippen LogP contribution in [0.1, 0.15) is 15.2 Å². The maximum Gasteiger partial charge on any atom is 0.261 e. The predicted molar refractivity (Wildman–Crippen MR) is 114 cm³/mol. The van der Waals surface area contributed by atoms with E-state index in [-0.39, 0.29) is 36.7 Å². The molecule has 0 bridgehead atoms. The molecule has 0 saturated heterocycles. The Labute approximate surface area is 182 Å². The Morgan fingerprint density at radius 2 is 2.14 bits per heavy atom. The molecule has 0 aliphatic heterocycles. The fourth-order valence-electron chi connectivity index (χ4n) is 2.68. The molecule has 3 rings (SSSR count). The van der Waals surface area contributed by atoms with E-state index in [0.717, 1.165) is 16.9 Å². The Hall–Kier alpha value is -1.64. The Bertz CT molecular complexity index is 976. The summed E-state index contributed by atoms with van der Waals surface area (Å²) in [5.41, 5.74) is 7.66. The molecule has 3 N–H and O–H groups in total. The molecule has 0 saturated carbocycles. The van der Waals surface area contributed by atoms with E-state index in [0.29, 0.717) is 31.9 Å². The third kappa shape index (κ3) is 5.24. The van der Waals surface area contributed by atoms with Crippen molar-refractivity contribution in [3.8, 4) is 11.3 Å². The summed E-state index contributed by atoms with van der Waals surface area (Å²) in [4.78, 5) is 13.0. The van der Waals surface area contributed by atoms with Crippen molar-refractivity contribution in [3.05, 3.63) is 62.1 Å². The van der Waals surface area contributed by atoms with Crippen LogP contribution in [0.4, 0.5) is 4.39 Å². The quantitative estimate of drug-likeness (QED) is 0.572. The molecule has 0 fully saturated rings. The number of nitrogens with zero attached hydrogens (tertiary/aromatic N) is 2. The lowest BCUT2D eigenvalue weighted by Gasteiger charge is -2.16. The second-order valence-corrected chi connectivity index (χ2v) is 8.10. The van der Waals surface area contributed by atoms with Gasteiger partial charge in [0.05, 0.1) is 9.90 Å². The van der Waals surface area contributed by atoms with Gasteiger partial charge in [-0.25, -0.2) is 4.39 Å². The van der Waals surface area contributed by atoms with Crippen LogP contribution in [0.15, 0.2) is 36.5 Å². The second kappa shape index (κ2) is 9.71. The van der Waals surface area contributed by atoms with Crippen LogP contribution in [0.3, 0.4) is 0 Å². The number of benzene rings is 1. The topological polar surface area (TPSA) is 72.9 Å². The van der Waals surface area contributed by atoms with E-state index in [1.165, 1.54) is 12.1 Å². The Balaban J connectivity index is 0.00000280. The molecule has 1 amide bonds. The van der Waals surface area contributed by atoms with Crippen molar-refractivity contribution in [1.29, 1.82) is 0 Å². The number of hydrogen-bond donors (Lipinski definition) is 2. The highest BCUT2D eigenvalue weighted by Crippen LogP contribution is 2.38. The number of nitrogens with one attached hydrogen (secondary N) is 1. The van der Waals surface area contributed by atoms with E-state index in [1.807, 2.05) is 0 Å². The normalized spacial score (nSPS) is 11.8. The van der Waals surface area contributed by atoms with Crippen molar-refractivity contribution >= 4 is 52.9 Å². The fraction of sp³-hybridized carbons (Fsp3) is 0.222. The summed E-state index contributed by atoms with van der Waals surface area (Å²) in [5.74, 6) is -0.622. The van der Waals surface area contributed by atoms with Gasteiger partial charge in [0.1, 0.15) is 15.8 Å². The van der Waals surface area contributed by atoms with E-state index in [1.54, 1.807) is 36.1 Å². The molecule has 0 spiro atoms. The summed E-state index contributed by atoms with van der Waals surface area (Å²) in [7, 11) is 1.75. The predicted octanol–water partition coefficient (Wildman–Crippen LogP) is 4.32. The lowest BCUT2D eigenvalue weighted by atomic mass is 10.1. The first kappa shape index (κ1) is 22.6. The van der Waals surface area contributed by atoms with Crippen LogP contribution in [0, 0.1) is 5.82 Å². The number of rotatable bonds is 6. The number of carbonyl (C=O) groups is 1. The fourth-order valence-corrected chi connectivity index (χ4v) is 4.14. The Morgan fingerprint density at radius 3 is 2.75 bits per heavy atom. The van der Waals surface area contributed by atoms with Gasteiger partial charge in [-0.1, -0.05) is 35.3 Å². The van der Waals surface area contributed by atoms with Crippen LogP contribution in [-0.4, -0.2) is 28.3 Å². The van der Waals surface area contributed by atoms with Gasteiger partial charge in [0.25, 0.3) is 5.91 Å². The number of aryl methyl sites for hydroxylation is 1. The third-order valence-corrected chi connectivity index (χ3v) is 5.57. The molecule has 1 aromatic carbocycles. The molecular formula is C18H18Cl3FN4OS. The second-order valence-electron chi connectivity index (χ2n) is 6.04. The smallest absolute Gasteiger partial charge is 0.261 e. The van der Waals surface area contributed by atoms with Crippen molar-refractivity contribution in [2.75, 3.05) is 6.54 Å². The van der Waals surface area contributed by atoms with Gasteiger partial charge in [0.2, 0.25) is 0 Å². The van der Waals surface area contributed by atoms with Crippen molar-refractivity contribution in [2.24, 2.45) is 12.8 Å². The highest BCUT2D eigenvalue weighted by Gasteiger charge is 2.20. The maximum absolute atomic E-state index is 13.3. The van der Waals surface area contributed by atoms with Gasteiger partial charge in [-0.15, -0.1) is 23.7 Å². The molecule has 0 aliphatic carbocycles. The molecular weight excluding hydrogens is 446 g/mol. The van der Waals surface area contributed by atoms with Gasteiger partial charge in [-0.05, 0) is 30.2 Å². The minimum Gasteiger partial charge on any atom is -0.347 e. The van der Waals surface area contributed by atoms with Gasteiger partial charge in [0, 0.05) is 31.4 Å². The molecule has 10 heteroatoms. The number of hydrogen-bond acceptors (Lipinski definition) is 4. The van der Waals surface area contributed by atoms with E-state index < -0.39 is 0 Å². The van der Waals surface area contributed by atoms with E-state index >= 15 is 0 Å². The van der Waals surface area contributed by atoms with Crippen molar-refractivity contribution in [1.82, 2.24) is 15.1 Å². The number of halogens is 4. The summed E-state index contributed by atoms with van der Waals surface area (Å²) in [6.45, 7) is 0.223. The summed E-state index contributed by atoms with van der Waals surface area (Å²) in [6.07, 6.45) is 2.09. The van der Waals surface area contributed by atoms with Crippen LogP contribution in [0.2, 0.25) is 9.36 Å². The summed E-state index contributed by atoms with van der Waals surface area (Å²) < 4.78 is 15.3. The number of thiophene rings is 1. The van der Waals surface area contributed by atoms with Gasteiger partial charge in [0.15, 0.2) is 0 Å². The number of aromatic nitrogens is 2. The molecule has 5 nitrogen and oxygen atoms in total. The van der Waals surface area contributed by atoms with Crippen molar-refractivity contribution < 1.29 is 9.18 Å². The molecule has 0 radical (unpaired) electrons. The molecule has 150 valence electrons. The van der Waals surface area contributed by atoms with E-state index in [9.17, 15) is 9.18 Å². The van der Waals surface area contributed by atoms with Gasteiger partial charge in [-0.3, -0.25) is 9.48 Å². The zero-order valence-corrected chi connectivity index (χ0v) is 17.9. The average molecular weight is 464 g/mol. The minimum absolute atomic E-state index is 0. The van der Waals surface area contributed by atoms with Crippen LogP contribution in [0.5, 0.6) is 0 Å². The molecule has 28 heavy (non-hydrogen) atoms. The zero-order chi connectivity index (χ0) is 19.6. The monoisotopic (exact) mass is 462 g/mol. The Kier molecular flexibility index (Phi) is 7.86. The van der Waals surface area contributed by atoms with E-state index in [4.69, 9.17) is 28.9 Å². The molecule has 2 aromatic heterocycles. The van der Waals surface area contributed by atoms with Crippen molar-refractivity contribution in [3.63, 3.8) is 0 Å². The Morgan fingerprint density at radius 1 is 1.39 bits per heavy atom. The van der Waals surface area contributed by atoms with Crippen LogP contribution in [0.25, 0.3) is 11.3 Å². The van der Waals surface area contributed by atoms with Crippen LogP contribution < -0.4 is 11.1 Å². The SMILES string of the molecule is Cl.Cn1cc(Cl)c(-c2cc(C(=O)N[C@H](CN)Cc3cccc(F)c3)sc2Cl)n1. The van der Waals surface area contributed by atoms with Crippen LogP contribution >= 0.6 is 46.9 Å². The van der Waals surface area contributed by atoms with E-state index in [2.05, 4.69) is 10.4 Å². The van der Waals surface area contributed by atoms with Crippen LogP contribution in [-0.2, 0) is 13.5 Å². The molecule has 1 atom stereocenters. The third-order valence-electron chi connectivity index (χ3n) is 3.94. The summed E-state index contributed by atoms with van der Waals surface area (Å²) in [6, 6.07) is 7.55. The average Bonchev–Trinajstić information content (AvgIpc) is 3.15. The zero-order valence-electron chi connectivity index (χ0n) is 14.8. The van der Waals surface area contributed by atoms with Gasteiger partial charge >= 0.3 is 0 Å². The highest BCUT2D eigenvalue weighted by atomic mass is 35.5. The van der Waals surface area contributed by atoms with Crippen molar-refractivity contribution in [2.45, 2.75) is 12.5 Å². The molecule has 2 heterocycles. The lowest BCUT2D eigenvalue weighted by molar-refractivity contribution is 0.0942. The first-order chi connectivity index (χ1) is 12.9. The number of nitrogens with two attached hydrogens (primary N) is 1. The van der Waals surface area contributed by atoms with Gasteiger partial charge in [-0.2, -0.15) is 5.10 Å². The van der Waals surface area contributed by atoms with Gasteiger partial charge < -0.3 is 11.1 Å². The summed E-state index contributed by atoms with van der Waals surface area (Å²) in [5, 5.41) is 7.60. The molecule has 0 aliphatic rings. The lowest BCUT2D eigenvalue weighted by Crippen LogP contribution is -2.41. The molecule has 0 unspecified atom stereocenters. The molecule has 3 aromatic rings. The first-order valence-electron chi connectivity index (χ1n) is 8.11. The number of amides is 1. The summed E-state index contributed by atoms with van der Waals surface area (Å²) >= 11 is 13.6. The minimum atomic E-state index is -0.331. The largest absolute Gasteiger partial charge is 0.347 e. The maximum atomic E-state index is 13.3. The standard InChI is InChI=1S/C18H17Cl2FN4OS.ClH/c1-25-9-14(19)16(24-25)13-7-15(27-17(13)20)18(26)23-12(8-22)6-10-3-2-4-11(21)5-10;/h2-5,7,9,12H,6,8,22H2,1H3,(H,23,26);1H/t12-;/m0./s1. The highest BCUT2D eigenvalue weighted by molar-refractivity contribution is 7.18. The number of carbonyl (C=O) groups excluding carboxylic acids is 1. The first-order valence-corrected chi connectivity index (χ1v) is 9.69.